The second kappa shape index (κ2) is 8.16. The summed E-state index contributed by atoms with van der Waals surface area (Å²) in [6, 6.07) is 9.20. The van der Waals surface area contributed by atoms with Crippen molar-refractivity contribution in [2.24, 2.45) is 0 Å². The SMILES string of the molecule is CC1CN(C(=O)CCCCOc2cccc(C#N)c2)CC(C)(C)O1. The van der Waals surface area contributed by atoms with Gasteiger partial charge in [-0.1, -0.05) is 6.07 Å². The fourth-order valence-electron chi connectivity index (χ4n) is 3.03. The largest absolute Gasteiger partial charge is 0.494 e. The van der Waals surface area contributed by atoms with E-state index >= 15 is 0 Å². The Balaban J connectivity index is 1.68. The van der Waals surface area contributed by atoms with Crippen molar-refractivity contribution in [2.75, 3.05) is 19.7 Å². The minimum atomic E-state index is -0.276. The van der Waals surface area contributed by atoms with Crippen LogP contribution in [0.3, 0.4) is 0 Å². The molecule has 1 fully saturated rings. The first kappa shape index (κ1) is 18.3. The molecule has 1 aliphatic heterocycles. The predicted molar refractivity (Wildman–Crippen MR) is 91.7 cm³/mol. The quantitative estimate of drug-likeness (QED) is 0.752. The number of morpholine rings is 1. The van der Waals surface area contributed by atoms with Crippen LogP contribution in [-0.2, 0) is 9.53 Å². The van der Waals surface area contributed by atoms with Crippen LogP contribution >= 0.6 is 0 Å². The minimum Gasteiger partial charge on any atom is -0.494 e. The van der Waals surface area contributed by atoms with Gasteiger partial charge in [0.15, 0.2) is 0 Å². The Morgan fingerprint density at radius 1 is 1.46 bits per heavy atom. The number of hydrogen-bond acceptors (Lipinski definition) is 4. The molecule has 1 saturated heterocycles. The van der Waals surface area contributed by atoms with E-state index in [4.69, 9.17) is 14.7 Å². The first-order valence-electron chi connectivity index (χ1n) is 8.48. The van der Waals surface area contributed by atoms with Crippen LogP contribution in [0, 0.1) is 11.3 Å². The van der Waals surface area contributed by atoms with Crippen LogP contribution in [0.2, 0.25) is 0 Å². The fraction of sp³-hybridized carbons (Fsp3) is 0.579. The zero-order valence-corrected chi connectivity index (χ0v) is 14.7. The Morgan fingerprint density at radius 2 is 2.25 bits per heavy atom. The van der Waals surface area contributed by atoms with E-state index in [1.807, 2.05) is 31.7 Å². The van der Waals surface area contributed by atoms with Crippen molar-refractivity contribution in [3.63, 3.8) is 0 Å². The molecule has 0 aromatic heterocycles. The third-order valence-corrected chi connectivity index (χ3v) is 3.94. The van der Waals surface area contributed by atoms with Crippen LogP contribution in [0.25, 0.3) is 0 Å². The van der Waals surface area contributed by atoms with Crippen molar-refractivity contribution in [3.05, 3.63) is 29.8 Å². The van der Waals surface area contributed by atoms with Crippen LogP contribution in [0.1, 0.15) is 45.6 Å². The minimum absolute atomic E-state index is 0.0773. The first-order chi connectivity index (χ1) is 11.4. The van der Waals surface area contributed by atoms with Gasteiger partial charge in [-0.25, -0.2) is 0 Å². The van der Waals surface area contributed by atoms with Gasteiger partial charge in [0.25, 0.3) is 0 Å². The van der Waals surface area contributed by atoms with E-state index in [-0.39, 0.29) is 17.6 Å². The van der Waals surface area contributed by atoms with Crippen LogP contribution in [0.5, 0.6) is 5.75 Å². The standard InChI is InChI=1S/C19H26N2O3/c1-15-13-21(14-19(2,3)24-15)18(22)9-4-5-10-23-17-8-6-7-16(11-17)12-20/h6-8,11,15H,4-5,9-10,13-14H2,1-3H3. The Morgan fingerprint density at radius 3 is 2.96 bits per heavy atom. The van der Waals surface area contributed by atoms with Crippen molar-refractivity contribution < 1.29 is 14.3 Å². The van der Waals surface area contributed by atoms with Gasteiger partial charge in [0.1, 0.15) is 5.75 Å². The molecule has 0 aliphatic carbocycles. The number of carbonyl (C=O) groups excluding carboxylic acids is 1. The van der Waals surface area contributed by atoms with E-state index < -0.39 is 0 Å². The average molecular weight is 330 g/mol. The number of amides is 1. The summed E-state index contributed by atoms with van der Waals surface area (Å²) in [5.41, 5.74) is 0.314. The molecule has 1 atom stereocenters. The molecule has 0 saturated carbocycles. The van der Waals surface area contributed by atoms with Gasteiger partial charge in [-0.2, -0.15) is 5.26 Å². The summed E-state index contributed by atoms with van der Waals surface area (Å²) in [5.74, 6) is 0.883. The smallest absolute Gasteiger partial charge is 0.222 e. The molecular formula is C19H26N2O3. The summed E-state index contributed by atoms with van der Waals surface area (Å²) in [4.78, 5) is 14.2. The van der Waals surface area contributed by atoms with Gasteiger partial charge in [-0.05, 0) is 51.8 Å². The maximum Gasteiger partial charge on any atom is 0.222 e. The lowest BCUT2D eigenvalue weighted by atomic mass is 10.0. The number of benzene rings is 1. The van der Waals surface area contributed by atoms with Crippen molar-refractivity contribution in [3.8, 4) is 11.8 Å². The number of rotatable bonds is 6. The van der Waals surface area contributed by atoms with E-state index in [0.29, 0.717) is 37.4 Å². The number of hydrogen-bond donors (Lipinski definition) is 0. The van der Waals surface area contributed by atoms with Crippen LogP contribution in [-0.4, -0.2) is 42.2 Å². The predicted octanol–water partition coefficient (Wildman–Crippen LogP) is 3.13. The number of ether oxygens (including phenoxy) is 2. The van der Waals surface area contributed by atoms with E-state index in [9.17, 15) is 4.79 Å². The molecule has 0 radical (unpaired) electrons. The molecule has 24 heavy (non-hydrogen) atoms. The molecule has 1 unspecified atom stereocenters. The molecule has 130 valence electrons. The van der Waals surface area contributed by atoms with Gasteiger partial charge in [-0.15, -0.1) is 0 Å². The van der Waals surface area contributed by atoms with Gasteiger partial charge in [0.2, 0.25) is 5.91 Å². The Labute approximate surface area is 144 Å². The third kappa shape index (κ3) is 5.54. The molecular weight excluding hydrogens is 304 g/mol. The lowest BCUT2D eigenvalue weighted by molar-refractivity contribution is -0.158. The molecule has 5 nitrogen and oxygen atoms in total. The highest BCUT2D eigenvalue weighted by Crippen LogP contribution is 2.21. The van der Waals surface area contributed by atoms with Gasteiger partial charge in [-0.3, -0.25) is 4.79 Å². The van der Waals surface area contributed by atoms with Gasteiger partial charge < -0.3 is 14.4 Å². The highest BCUT2D eigenvalue weighted by atomic mass is 16.5. The molecule has 1 aliphatic rings. The summed E-state index contributed by atoms with van der Waals surface area (Å²) < 4.78 is 11.5. The Bertz CT molecular complexity index is 607. The molecule has 1 aromatic rings. The lowest BCUT2D eigenvalue weighted by Crippen LogP contribution is -2.53. The molecule has 0 N–H and O–H groups in total. The van der Waals surface area contributed by atoms with Crippen LogP contribution in [0.4, 0.5) is 0 Å². The van der Waals surface area contributed by atoms with Crippen molar-refractivity contribution in [2.45, 2.75) is 51.7 Å². The van der Waals surface area contributed by atoms with Crippen molar-refractivity contribution >= 4 is 5.91 Å². The Kier molecular flexibility index (Phi) is 6.22. The van der Waals surface area contributed by atoms with Crippen molar-refractivity contribution in [1.29, 1.82) is 5.26 Å². The number of nitrogens with zero attached hydrogens (tertiary/aromatic N) is 2. The maximum absolute atomic E-state index is 12.3. The summed E-state index contributed by atoms with van der Waals surface area (Å²) in [5, 5.41) is 8.86. The number of unbranched alkanes of at least 4 members (excludes halogenated alkanes) is 1. The number of carbonyl (C=O) groups is 1. The Hall–Kier alpha value is -2.06. The van der Waals surface area contributed by atoms with E-state index in [2.05, 4.69) is 6.07 Å². The molecule has 1 aromatic carbocycles. The van der Waals surface area contributed by atoms with Gasteiger partial charge in [0.05, 0.1) is 29.9 Å². The first-order valence-corrected chi connectivity index (χ1v) is 8.48. The fourth-order valence-corrected chi connectivity index (χ4v) is 3.03. The molecule has 0 bridgehead atoms. The summed E-state index contributed by atoms with van der Waals surface area (Å²) in [6.07, 6.45) is 2.22. The van der Waals surface area contributed by atoms with Gasteiger partial charge >= 0.3 is 0 Å². The van der Waals surface area contributed by atoms with E-state index in [1.165, 1.54) is 0 Å². The second-order valence-electron chi connectivity index (χ2n) is 6.91. The normalized spacial score (nSPS) is 19.6. The zero-order chi connectivity index (χ0) is 17.6. The topological polar surface area (TPSA) is 62.6 Å². The molecule has 5 heteroatoms. The molecule has 0 spiro atoms. The van der Waals surface area contributed by atoms with E-state index in [0.717, 1.165) is 12.8 Å². The molecule has 1 heterocycles. The summed E-state index contributed by atoms with van der Waals surface area (Å²) in [6.45, 7) is 7.91. The highest BCUT2D eigenvalue weighted by molar-refractivity contribution is 5.76. The number of nitriles is 1. The monoisotopic (exact) mass is 330 g/mol. The summed E-state index contributed by atoms with van der Waals surface area (Å²) >= 11 is 0. The average Bonchev–Trinajstić information content (AvgIpc) is 2.52. The van der Waals surface area contributed by atoms with Gasteiger partial charge in [0, 0.05) is 19.5 Å². The maximum atomic E-state index is 12.3. The van der Waals surface area contributed by atoms with Crippen molar-refractivity contribution in [1.82, 2.24) is 4.90 Å². The van der Waals surface area contributed by atoms with Crippen LogP contribution in [0.15, 0.2) is 24.3 Å². The lowest BCUT2D eigenvalue weighted by Gasteiger charge is -2.41. The third-order valence-electron chi connectivity index (χ3n) is 3.94. The highest BCUT2D eigenvalue weighted by Gasteiger charge is 2.33. The van der Waals surface area contributed by atoms with E-state index in [1.54, 1.807) is 18.2 Å². The zero-order valence-electron chi connectivity index (χ0n) is 14.7. The van der Waals surface area contributed by atoms with Crippen LogP contribution < -0.4 is 4.74 Å². The summed E-state index contributed by atoms with van der Waals surface area (Å²) in [7, 11) is 0. The second-order valence-corrected chi connectivity index (χ2v) is 6.91. The molecule has 2 rings (SSSR count). The molecule has 1 amide bonds.